The first-order valence-corrected chi connectivity index (χ1v) is 30.0. The van der Waals surface area contributed by atoms with E-state index in [1.165, 1.54) is 21.7 Å². The lowest BCUT2D eigenvalue weighted by atomic mass is 9.85. The molecule has 2 aliphatic carbocycles. The monoisotopic (exact) mass is 1190 g/mol. The lowest BCUT2D eigenvalue weighted by molar-refractivity contribution is -0.144. The third-order valence-corrected chi connectivity index (χ3v) is 15.7. The first-order valence-electron chi connectivity index (χ1n) is 30.0. The number of alkyl carbamates (subject to hydrolysis) is 1. The molecule has 470 valence electrons. The predicted molar refractivity (Wildman–Crippen MR) is 322 cm³/mol. The molecule has 21 heteroatoms. The van der Waals surface area contributed by atoms with Gasteiger partial charge in [-0.3, -0.25) is 33.7 Å². The van der Waals surface area contributed by atoms with E-state index in [4.69, 9.17) is 18.9 Å². The summed E-state index contributed by atoms with van der Waals surface area (Å²) in [5, 5.41) is 24.6. The number of carbonyl (C=O) groups is 8. The second-order valence-electron chi connectivity index (χ2n) is 27.0. The van der Waals surface area contributed by atoms with Gasteiger partial charge in [-0.15, -0.1) is 0 Å². The number of benzene rings is 2. The van der Waals surface area contributed by atoms with Crippen molar-refractivity contribution in [2.45, 2.75) is 213 Å². The number of nitrogens with one attached hydrogen (secondary N) is 5. The van der Waals surface area contributed by atoms with Gasteiger partial charge in [0.05, 0.1) is 30.9 Å². The number of nitrogens with zero attached hydrogens (tertiary/aromatic N) is 3. The Morgan fingerprint density at radius 2 is 1.03 bits per heavy atom. The van der Waals surface area contributed by atoms with Crippen molar-refractivity contribution in [3.05, 3.63) is 70.8 Å². The highest BCUT2D eigenvalue weighted by Crippen LogP contribution is 2.34. The quantitative estimate of drug-likeness (QED) is 0.106. The molecule has 8 amide bonds. The van der Waals surface area contributed by atoms with Crippen molar-refractivity contribution in [2.24, 2.45) is 10.8 Å². The standard InChI is InChI=1S/C65H92N8O13/c1-40(71(14)61(82)86-65(11,12)13)54(75)69-52(62(2,3)4)58(79)72-37-43(35-50(72)56(77)66-47-31-23-27-41-25-17-19-29-45(41)47)83-33-21-15-16-22-34-84-44-36-51(57(78)67-48-32-24-28-42-26-18-20-30-46(42)48)73(38-44)59(80)53(63(5,6)7)70-55(76)49(39-74)68-60(81)85-64(8,9)10/h17-20,25-26,29-30,40,43-44,47-53,74H,23-24,27-28,31-39H2,1-14H3,(H,66,77)(H,67,78)(H,68,81)(H,69,75)(H,70,76)/t40-,43-,44-,47+,48+,49-,50-,51-,52+,53+/m0/s1. The summed E-state index contributed by atoms with van der Waals surface area (Å²) in [6, 6.07) is 8.71. The Morgan fingerprint density at radius 3 is 1.44 bits per heavy atom. The highest BCUT2D eigenvalue weighted by atomic mass is 16.6. The van der Waals surface area contributed by atoms with Gasteiger partial charge in [0.1, 0.15) is 60.7 Å². The van der Waals surface area contributed by atoms with Crippen molar-refractivity contribution >= 4 is 47.6 Å². The Labute approximate surface area is 507 Å². The fourth-order valence-electron chi connectivity index (χ4n) is 11.1. The van der Waals surface area contributed by atoms with Crippen LogP contribution < -0.4 is 26.6 Å². The SMILES string of the molecule is C[C@@H](C(=O)N[C@H](C(=O)N1C[C@@H](OCC#CC#CCO[C@H]2C[C@@H](C(=O)N[C@@H]3CCCc4ccccc43)N(C(=O)[C@@H](NC(=O)[C@H](CO)NC(=O)OC(C)(C)C)C(C)(C)C)C2)C[C@H]1C(=O)N[C@@H]1CCCc2ccccc21)C(C)(C)C)N(C)C(=O)OC(C)(C)C. The highest BCUT2D eigenvalue weighted by molar-refractivity contribution is 5.96. The molecule has 2 heterocycles. The number of fused-ring (bicyclic) bond motifs is 2. The average Bonchev–Trinajstić information content (AvgIpc) is 2.09. The molecule has 2 saturated heterocycles. The second-order valence-corrected chi connectivity index (χ2v) is 27.0. The van der Waals surface area contributed by atoms with Crippen LogP contribution in [0.1, 0.15) is 163 Å². The molecule has 0 unspecified atom stereocenters. The normalized spacial score (nSPS) is 21.6. The number of amides is 8. The summed E-state index contributed by atoms with van der Waals surface area (Å²) in [6.07, 6.45) is 2.36. The van der Waals surface area contributed by atoms with Gasteiger partial charge in [-0.25, -0.2) is 9.59 Å². The van der Waals surface area contributed by atoms with Crippen LogP contribution in [-0.2, 0) is 60.6 Å². The van der Waals surface area contributed by atoms with Crippen molar-refractivity contribution in [1.82, 2.24) is 41.3 Å². The summed E-state index contributed by atoms with van der Waals surface area (Å²) < 4.78 is 23.2. The number of carbonyl (C=O) groups excluding carboxylic acids is 8. The van der Waals surface area contributed by atoms with Crippen LogP contribution in [0.5, 0.6) is 0 Å². The molecule has 0 spiro atoms. The molecule has 2 aliphatic heterocycles. The third kappa shape index (κ3) is 18.7. The largest absolute Gasteiger partial charge is 0.444 e. The third-order valence-electron chi connectivity index (χ3n) is 15.7. The van der Waals surface area contributed by atoms with Crippen LogP contribution in [0.2, 0.25) is 0 Å². The minimum absolute atomic E-state index is 0.0112. The van der Waals surface area contributed by atoms with Gasteiger partial charge in [0.2, 0.25) is 35.4 Å². The number of likely N-dealkylation sites (N-methyl/N-ethyl adjacent to an activating group) is 1. The van der Waals surface area contributed by atoms with Crippen LogP contribution in [0, 0.1) is 34.5 Å². The first kappa shape index (κ1) is 67.9. The minimum atomic E-state index is -1.44. The minimum Gasteiger partial charge on any atom is -0.444 e. The van der Waals surface area contributed by atoms with Gasteiger partial charge in [-0.1, -0.05) is 102 Å². The number of likely N-dealkylation sites (tertiary alicyclic amines) is 2. The van der Waals surface area contributed by atoms with E-state index < -0.39 is 113 Å². The molecule has 21 nitrogen and oxygen atoms in total. The lowest BCUT2D eigenvalue weighted by Crippen LogP contribution is -2.61. The summed E-state index contributed by atoms with van der Waals surface area (Å²) in [7, 11) is 1.45. The fraction of sp³-hybridized carbons (Fsp3) is 0.631. The van der Waals surface area contributed by atoms with E-state index >= 15 is 0 Å². The van der Waals surface area contributed by atoms with Crippen LogP contribution in [0.4, 0.5) is 9.59 Å². The van der Waals surface area contributed by atoms with Crippen LogP contribution in [0.25, 0.3) is 0 Å². The van der Waals surface area contributed by atoms with E-state index in [1.54, 1.807) is 69.2 Å². The second kappa shape index (κ2) is 29.0. The number of hydrogen-bond acceptors (Lipinski definition) is 13. The zero-order valence-corrected chi connectivity index (χ0v) is 52.8. The maximum Gasteiger partial charge on any atom is 0.410 e. The molecular formula is C65H92N8O13. The molecule has 2 aromatic carbocycles. The Hall–Kier alpha value is -7.20. The molecule has 6 rings (SSSR count). The molecule has 0 saturated carbocycles. The molecule has 0 radical (unpaired) electrons. The van der Waals surface area contributed by atoms with Crippen molar-refractivity contribution in [1.29, 1.82) is 0 Å². The van der Waals surface area contributed by atoms with Crippen molar-refractivity contribution in [3.8, 4) is 23.7 Å². The Bertz CT molecular complexity index is 2760. The van der Waals surface area contributed by atoms with Crippen molar-refractivity contribution < 1.29 is 62.4 Å². The molecule has 4 aliphatic rings. The molecular weight excluding hydrogens is 1100 g/mol. The molecule has 0 aromatic heterocycles. The lowest BCUT2D eigenvalue weighted by Gasteiger charge is -2.37. The van der Waals surface area contributed by atoms with E-state index in [9.17, 15) is 43.5 Å². The number of aliphatic hydroxyl groups excluding tert-OH is 1. The zero-order valence-electron chi connectivity index (χ0n) is 52.8. The van der Waals surface area contributed by atoms with Crippen LogP contribution >= 0.6 is 0 Å². The topological polar surface area (TPSA) is 264 Å². The van der Waals surface area contributed by atoms with E-state index in [0.717, 1.165) is 54.4 Å². The summed E-state index contributed by atoms with van der Waals surface area (Å²) in [5.74, 6) is 8.18. The summed E-state index contributed by atoms with van der Waals surface area (Å²) in [6.45, 7) is 21.4. The van der Waals surface area contributed by atoms with Gasteiger partial charge in [0.15, 0.2) is 0 Å². The maximum absolute atomic E-state index is 14.8. The number of ether oxygens (including phenoxy) is 4. The summed E-state index contributed by atoms with van der Waals surface area (Å²) in [5.41, 5.74) is 0.948. The van der Waals surface area contributed by atoms with Gasteiger partial charge < -0.3 is 60.4 Å². The summed E-state index contributed by atoms with van der Waals surface area (Å²) >= 11 is 0. The van der Waals surface area contributed by atoms with Crippen LogP contribution in [0.3, 0.4) is 0 Å². The molecule has 10 atom stereocenters. The van der Waals surface area contributed by atoms with E-state index in [2.05, 4.69) is 56.3 Å². The van der Waals surface area contributed by atoms with Crippen molar-refractivity contribution in [3.63, 3.8) is 0 Å². The van der Waals surface area contributed by atoms with Crippen LogP contribution in [0.15, 0.2) is 48.5 Å². The van der Waals surface area contributed by atoms with Crippen LogP contribution in [-0.4, -0.2) is 167 Å². The van der Waals surface area contributed by atoms with E-state index in [0.29, 0.717) is 6.42 Å². The van der Waals surface area contributed by atoms with Crippen molar-refractivity contribution in [2.75, 3.05) is 40.0 Å². The Balaban J connectivity index is 1.14. The molecule has 0 bridgehead atoms. The average molecular weight is 1190 g/mol. The molecule has 2 aromatic rings. The fourth-order valence-corrected chi connectivity index (χ4v) is 11.1. The highest BCUT2D eigenvalue weighted by Gasteiger charge is 2.48. The Kier molecular flexibility index (Phi) is 22.9. The van der Waals surface area contributed by atoms with Gasteiger partial charge in [-0.05, 0) is 132 Å². The van der Waals surface area contributed by atoms with E-state index in [1.807, 2.05) is 63.2 Å². The molecule has 6 N–H and O–H groups in total. The number of aliphatic hydroxyl groups is 1. The van der Waals surface area contributed by atoms with E-state index in [-0.39, 0.29) is 63.0 Å². The number of hydrogen-bond donors (Lipinski definition) is 6. The number of rotatable bonds is 17. The van der Waals surface area contributed by atoms with Gasteiger partial charge in [-0.2, -0.15) is 0 Å². The van der Waals surface area contributed by atoms with Gasteiger partial charge in [0.25, 0.3) is 0 Å². The summed E-state index contributed by atoms with van der Waals surface area (Å²) in [4.78, 5) is 115. The maximum atomic E-state index is 14.8. The first-order chi connectivity index (χ1) is 40.3. The zero-order chi connectivity index (χ0) is 63.5. The smallest absolute Gasteiger partial charge is 0.410 e. The molecule has 2 fully saturated rings. The predicted octanol–water partition coefficient (Wildman–Crippen LogP) is 5.56. The van der Waals surface area contributed by atoms with Gasteiger partial charge >= 0.3 is 12.2 Å². The van der Waals surface area contributed by atoms with Gasteiger partial charge in [0, 0.05) is 33.0 Å². The number of aryl methyl sites for hydroxylation is 2. The Morgan fingerprint density at radius 1 is 0.616 bits per heavy atom. The molecule has 86 heavy (non-hydrogen) atoms.